The van der Waals surface area contributed by atoms with E-state index in [1.165, 1.54) is 5.56 Å². The highest BCUT2D eigenvalue weighted by molar-refractivity contribution is 7.98. The molecule has 33 heavy (non-hydrogen) atoms. The first-order chi connectivity index (χ1) is 15.8. The fourth-order valence-electron chi connectivity index (χ4n) is 4.08. The maximum Gasteiger partial charge on any atom is 0.272 e. The summed E-state index contributed by atoms with van der Waals surface area (Å²) in [5.41, 5.74) is 6.07. The summed E-state index contributed by atoms with van der Waals surface area (Å²) in [6, 6.07) is 16.7. The number of aromatic nitrogens is 1. The monoisotopic (exact) mass is 467 g/mol. The molecule has 2 aromatic carbocycles. The molecule has 1 saturated carbocycles. The number of hydrogen-bond acceptors (Lipinski definition) is 4. The van der Waals surface area contributed by atoms with E-state index in [0.717, 1.165) is 28.5 Å². The second kappa shape index (κ2) is 9.31. The molecule has 1 aliphatic rings. The molecule has 2 atom stereocenters. The van der Waals surface area contributed by atoms with Gasteiger partial charge in [-0.3, -0.25) is 20.4 Å². The molecule has 5 nitrogen and oxygen atoms in total. The van der Waals surface area contributed by atoms with E-state index in [1.807, 2.05) is 44.2 Å². The number of hydrazine groups is 1. The Morgan fingerprint density at radius 3 is 2.45 bits per heavy atom. The van der Waals surface area contributed by atoms with Gasteiger partial charge in [0.1, 0.15) is 11.6 Å². The summed E-state index contributed by atoms with van der Waals surface area (Å²) in [5.74, 6) is -2.61. The Hall–Kier alpha value is -3.26. The van der Waals surface area contributed by atoms with Crippen LogP contribution in [-0.4, -0.2) is 16.8 Å². The van der Waals surface area contributed by atoms with Crippen molar-refractivity contribution in [1.82, 2.24) is 15.8 Å². The van der Waals surface area contributed by atoms with Crippen molar-refractivity contribution in [1.29, 1.82) is 0 Å². The lowest BCUT2D eigenvalue weighted by atomic mass is 10.1. The number of pyridine rings is 1. The van der Waals surface area contributed by atoms with Crippen molar-refractivity contribution in [3.8, 4) is 0 Å². The number of rotatable bonds is 6. The van der Waals surface area contributed by atoms with Gasteiger partial charge in [0.25, 0.3) is 5.91 Å². The third-order valence-electron chi connectivity index (χ3n) is 5.93. The summed E-state index contributed by atoms with van der Waals surface area (Å²) < 4.78 is 26.8. The molecule has 1 aliphatic carbocycles. The quantitative estimate of drug-likeness (QED) is 0.402. The molecule has 1 fully saturated rings. The normalized spacial score (nSPS) is 18.4. The maximum atomic E-state index is 13.8. The number of amides is 2. The van der Waals surface area contributed by atoms with Crippen molar-refractivity contribution in [2.45, 2.75) is 30.5 Å². The number of benzene rings is 2. The van der Waals surface area contributed by atoms with Gasteiger partial charge in [0.2, 0.25) is 5.91 Å². The van der Waals surface area contributed by atoms with Crippen LogP contribution in [0.4, 0.5) is 8.78 Å². The molecule has 2 unspecified atom stereocenters. The highest BCUT2D eigenvalue weighted by Gasteiger charge is 2.62. The van der Waals surface area contributed by atoms with Gasteiger partial charge in [0, 0.05) is 23.9 Å². The zero-order valence-corrected chi connectivity index (χ0v) is 19.0. The molecule has 1 heterocycles. The second-order valence-corrected chi connectivity index (χ2v) is 9.54. The van der Waals surface area contributed by atoms with Crippen molar-refractivity contribution in [2.75, 3.05) is 0 Å². The van der Waals surface area contributed by atoms with Crippen molar-refractivity contribution in [3.63, 3.8) is 0 Å². The zero-order valence-electron chi connectivity index (χ0n) is 18.1. The molecule has 3 aromatic rings. The van der Waals surface area contributed by atoms with Gasteiger partial charge in [0.05, 0.1) is 16.5 Å². The van der Waals surface area contributed by atoms with Crippen molar-refractivity contribution in [2.24, 2.45) is 11.3 Å². The van der Waals surface area contributed by atoms with Gasteiger partial charge in [-0.1, -0.05) is 50.2 Å². The maximum absolute atomic E-state index is 13.8. The summed E-state index contributed by atoms with van der Waals surface area (Å²) in [4.78, 5) is 29.4. The molecule has 1 aromatic heterocycles. The van der Waals surface area contributed by atoms with Crippen LogP contribution in [0.5, 0.6) is 0 Å². The van der Waals surface area contributed by atoms with Gasteiger partial charge in [-0.15, -0.1) is 11.8 Å². The Bertz CT molecular complexity index is 1170. The molecule has 2 amide bonds. The molecule has 0 aliphatic heterocycles. The predicted octanol–water partition coefficient (Wildman–Crippen LogP) is 4.85. The minimum absolute atomic E-state index is 0.0577. The van der Waals surface area contributed by atoms with Crippen LogP contribution in [0, 0.1) is 23.0 Å². The standard InChI is InChI=1S/C25H23F2N3O2S/c1-25(2)21(16-8-11-20(28-13-16)33-14-15-6-4-3-5-7-15)22(25)24(32)30-29-23(31)18-10-9-17(26)12-19(18)27/h3-13,21-22H,14H2,1-2H3,(H,29,31)(H,30,32). The van der Waals surface area contributed by atoms with Gasteiger partial charge in [-0.25, -0.2) is 13.8 Å². The Kier molecular flexibility index (Phi) is 6.47. The van der Waals surface area contributed by atoms with Crippen LogP contribution < -0.4 is 10.9 Å². The van der Waals surface area contributed by atoms with Crippen LogP contribution in [0.15, 0.2) is 71.9 Å². The van der Waals surface area contributed by atoms with Crippen LogP contribution >= 0.6 is 11.8 Å². The summed E-state index contributed by atoms with van der Waals surface area (Å²) in [5, 5.41) is 0.899. The van der Waals surface area contributed by atoms with E-state index in [1.54, 1.807) is 18.0 Å². The van der Waals surface area contributed by atoms with Crippen LogP contribution in [0.1, 0.15) is 41.3 Å². The van der Waals surface area contributed by atoms with Crippen molar-refractivity contribution >= 4 is 23.6 Å². The molecule has 8 heteroatoms. The fraction of sp³-hybridized carbons (Fsp3) is 0.240. The van der Waals surface area contributed by atoms with Crippen LogP contribution in [0.2, 0.25) is 0 Å². The first-order valence-corrected chi connectivity index (χ1v) is 11.4. The van der Waals surface area contributed by atoms with E-state index < -0.39 is 17.5 Å². The SMILES string of the molecule is CC1(C)C(C(=O)NNC(=O)c2ccc(F)cc2F)C1c1ccc(SCc2ccccc2)nc1. The van der Waals surface area contributed by atoms with E-state index in [9.17, 15) is 18.4 Å². The van der Waals surface area contributed by atoms with E-state index in [-0.39, 0.29) is 28.7 Å². The molecular weight excluding hydrogens is 444 g/mol. The third-order valence-corrected chi connectivity index (χ3v) is 6.95. The largest absolute Gasteiger partial charge is 0.273 e. The Balaban J connectivity index is 1.34. The van der Waals surface area contributed by atoms with E-state index in [0.29, 0.717) is 6.07 Å². The molecule has 0 bridgehead atoms. The minimum atomic E-state index is -0.998. The second-order valence-electron chi connectivity index (χ2n) is 8.55. The number of halogens is 2. The molecule has 2 N–H and O–H groups in total. The Morgan fingerprint density at radius 1 is 1.03 bits per heavy atom. The molecule has 0 spiro atoms. The van der Waals surface area contributed by atoms with Crippen LogP contribution in [-0.2, 0) is 10.5 Å². The average Bonchev–Trinajstić information content (AvgIpc) is 3.38. The highest BCUT2D eigenvalue weighted by Crippen LogP contribution is 2.64. The van der Waals surface area contributed by atoms with Crippen LogP contribution in [0.3, 0.4) is 0 Å². The Morgan fingerprint density at radius 2 is 1.79 bits per heavy atom. The number of hydrogen-bond donors (Lipinski definition) is 2. The molecular formula is C25H23F2N3O2S. The minimum Gasteiger partial charge on any atom is -0.273 e. The molecule has 4 rings (SSSR count). The first kappa shape index (κ1) is 22.9. The third kappa shape index (κ3) is 5.06. The topological polar surface area (TPSA) is 71.1 Å². The molecule has 0 radical (unpaired) electrons. The molecule has 0 saturated heterocycles. The number of nitrogens with zero attached hydrogens (tertiary/aromatic N) is 1. The highest BCUT2D eigenvalue weighted by atomic mass is 32.2. The first-order valence-electron chi connectivity index (χ1n) is 10.5. The Labute approximate surface area is 195 Å². The average molecular weight is 468 g/mol. The lowest BCUT2D eigenvalue weighted by Gasteiger charge is -2.09. The zero-order chi connectivity index (χ0) is 23.6. The summed E-state index contributed by atoms with van der Waals surface area (Å²) >= 11 is 1.64. The fourth-order valence-corrected chi connectivity index (χ4v) is 4.88. The van der Waals surface area contributed by atoms with E-state index >= 15 is 0 Å². The van der Waals surface area contributed by atoms with Crippen molar-refractivity contribution in [3.05, 3.63) is 95.2 Å². The van der Waals surface area contributed by atoms with Crippen molar-refractivity contribution < 1.29 is 18.4 Å². The summed E-state index contributed by atoms with van der Waals surface area (Å²) in [6.45, 7) is 3.95. The van der Waals surface area contributed by atoms with Gasteiger partial charge in [-0.05, 0) is 34.7 Å². The van der Waals surface area contributed by atoms with E-state index in [4.69, 9.17) is 0 Å². The van der Waals surface area contributed by atoms with Gasteiger partial charge in [-0.2, -0.15) is 0 Å². The van der Waals surface area contributed by atoms with Gasteiger partial charge < -0.3 is 0 Å². The lowest BCUT2D eigenvalue weighted by molar-refractivity contribution is -0.123. The van der Waals surface area contributed by atoms with Gasteiger partial charge >= 0.3 is 0 Å². The lowest BCUT2D eigenvalue weighted by Crippen LogP contribution is -2.43. The van der Waals surface area contributed by atoms with E-state index in [2.05, 4.69) is 28.0 Å². The molecule has 170 valence electrons. The summed E-state index contributed by atoms with van der Waals surface area (Å²) in [7, 11) is 0. The number of carbonyl (C=O) groups is 2. The summed E-state index contributed by atoms with van der Waals surface area (Å²) in [6.07, 6.45) is 1.79. The number of carbonyl (C=O) groups excluding carboxylic acids is 2. The van der Waals surface area contributed by atoms with Gasteiger partial charge in [0.15, 0.2) is 0 Å². The number of thioether (sulfide) groups is 1. The number of nitrogens with one attached hydrogen (secondary N) is 2. The van der Waals surface area contributed by atoms with Crippen LogP contribution in [0.25, 0.3) is 0 Å². The predicted molar refractivity (Wildman–Crippen MR) is 122 cm³/mol. The smallest absolute Gasteiger partial charge is 0.272 e.